The molecule has 110 valence electrons. The zero-order valence-corrected chi connectivity index (χ0v) is 13.0. The molecule has 3 heteroatoms. The summed E-state index contributed by atoms with van der Waals surface area (Å²) in [6, 6.07) is 5.99. The fraction of sp³-hybridized carbons (Fsp3) is 0.647. The maximum atomic E-state index is 6.19. The fourth-order valence-electron chi connectivity index (χ4n) is 3.67. The number of halogens is 1. The summed E-state index contributed by atoms with van der Waals surface area (Å²) >= 11 is 6.19. The molecule has 2 nitrogen and oxygen atoms in total. The van der Waals surface area contributed by atoms with Crippen molar-refractivity contribution in [2.75, 3.05) is 13.7 Å². The molecule has 1 aromatic rings. The van der Waals surface area contributed by atoms with Gasteiger partial charge < -0.3 is 10.1 Å². The first-order valence-corrected chi connectivity index (χ1v) is 8.19. The average molecular weight is 294 g/mol. The van der Waals surface area contributed by atoms with E-state index in [9.17, 15) is 0 Å². The van der Waals surface area contributed by atoms with Gasteiger partial charge in [-0.15, -0.1) is 0 Å². The predicted molar refractivity (Wildman–Crippen MR) is 83.6 cm³/mol. The third-order valence-electron chi connectivity index (χ3n) is 4.88. The van der Waals surface area contributed by atoms with Crippen LogP contribution in [0.2, 0.25) is 5.02 Å². The molecule has 0 bridgehead atoms. The van der Waals surface area contributed by atoms with Crippen LogP contribution in [0.25, 0.3) is 0 Å². The first-order valence-electron chi connectivity index (χ1n) is 7.81. The van der Waals surface area contributed by atoms with Crippen molar-refractivity contribution in [1.29, 1.82) is 0 Å². The van der Waals surface area contributed by atoms with Crippen LogP contribution in [0.5, 0.6) is 5.75 Å². The van der Waals surface area contributed by atoms with Gasteiger partial charge in [0, 0.05) is 10.6 Å². The Morgan fingerprint density at radius 2 is 2.15 bits per heavy atom. The van der Waals surface area contributed by atoms with Crippen LogP contribution in [0.3, 0.4) is 0 Å². The molecular formula is C17H24ClNO. The summed E-state index contributed by atoms with van der Waals surface area (Å²) in [6.07, 6.45) is 9.07. The highest BCUT2D eigenvalue weighted by Crippen LogP contribution is 2.46. The van der Waals surface area contributed by atoms with Crippen LogP contribution in [0.4, 0.5) is 0 Å². The second kappa shape index (κ2) is 5.95. The molecule has 1 heterocycles. The van der Waals surface area contributed by atoms with Gasteiger partial charge in [-0.25, -0.2) is 0 Å². The third kappa shape index (κ3) is 2.96. The Bertz CT molecular complexity index is 462. The highest BCUT2D eigenvalue weighted by molar-refractivity contribution is 6.30. The number of benzene rings is 1. The molecule has 20 heavy (non-hydrogen) atoms. The average Bonchev–Trinajstić information content (AvgIpc) is 3.26. The fourth-order valence-corrected chi connectivity index (χ4v) is 3.87. The normalized spacial score (nSPS) is 27.1. The molecule has 0 radical (unpaired) electrons. The van der Waals surface area contributed by atoms with Crippen LogP contribution >= 0.6 is 11.6 Å². The van der Waals surface area contributed by atoms with Crippen LogP contribution in [-0.4, -0.2) is 19.2 Å². The summed E-state index contributed by atoms with van der Waals surface area (Å²) in [6.45, 7) is 1.15. The third-order valence-corrected chi connectivity index (χ3v) is 5.12. The Morgan fingerprint density at radius 1 is 1.30 bits per heavy atom. The number of hydrogen-bond acceptors (Lipinski definition) is 2. The highest BCUT2D eigenvalue weighted by atomic mass is 35.5. The molecule has 1 saturated carbocycles. The van der Waals surface area contributed by atoms with Crippen LogP contribution < -0.4 is 10.1 Å². The zero-order chi connectivity index (χ0) is 14.0. The van der Waals surface area contributed by atoms with Crippen molar-refractivity contribution in [2.24, 2.45) is 5.92 Å². The molecule has 2 fully saturated rings. The minimum atomic E-state index is 0.272. The molecule has 0 aromatic heterocycles. The van der Waals surface area contributed by atoms with Crippen LogP contribution in [0.1, 0.15) is 44.1 Å². The standard InChI is InChI=1S/C17H24ClNO/c1-20-16-8-7-15(18)11-13(16)12-17(14-5-6-14)9-3-2-4-10-19-17/h7-8,11,14,19H,2-6,9-10,12H2,1H3. The van der Waals surface area contributed by atoms with Crippen molar-refractivity contribution in [1.82, 2.24) is 5.32 Å². The predicted octanol–water partition coefficient (Wildman–Crippen LogP) is 4.20. The van der Waals surface area contributed by atoms with Gasteiger partial charge in [0.25, 0.3) is 0 Å². The quantitative estimate of drug-likeness (QED) is 0.898. The summed E-state index contributed by atoms with van der Waals surface area (Å²) in [4.78, 5) is 0. The Morgan fingerprint density at radius 3 is 2.90 bits per heavy atom. The second-order valence-electron chi connectivity index (χ2n) is 6.30. The SMILES string of the molecule is COc1ccc(Cl)cc1CC1(C2CC2)CCCCCN1. The minimum absolute atomic E-state index is 0.272. The van der Waals surface area contributed by atoms with Crippen molar-refractivity contribution in [2.45, 2.75) is 50.5 Å². The molecule has 0 spiro atoms. The van der Waals surface area contributed by atoms with Crippen molar-refractivity contribution < 1.29 is 4.74 Å². The minimum Gasteiger partial charge on any atom is -0.496 e. The van der Waals surface area contributed by atoms with E-state index in [0.29, 0.717) is 0 Å². The number of ether oxygens (including phenoxy) is 1. The van der Waals surface area contributed by atoms with Gasteiger partial charge in [-0.3, -0.25) is 0 Å². The van der Waals surface area contributed by atoms with E-state index in [2.05, 4.69) is 11.4 Å². The molecule has 1 N–H and O–H groups in total. The lowest BCUT2D eigenvalue weighted by Crippen LogP contribution is -2.48. The van der Waals surface area contributed by atoms with E-state index >= 15 is 0 Å². The van der Waals surface area contributed by atoms with E-state index < -0.39 is 0 Å². The summed E-state index contributed by atoms with van der Waals surface area (Å²) in [5, 5.41) is 4.68. The van der Waals surface area contributed by atoms with Gasteiger partial charge in [0.05, 0.1) is 7.11 Å². The monoisotopic (exact) mass is 293 g/mol. The number of methoxy groups -OCH3 is 1. The molecule has 1 unspecified atom stereocenters. The lowest BCUT2D eigenvalue weighted by Gasteiger charge is -2.35. The number of hydrogen-bond donors (Lipinski definition) is 1. The van der Waals surface area contributed by atoms with Crippen molar-refractivity contribution in [3.63, 3.8) is 0 Å². The van der Waals surface area contributed by atoms with Gasteiger partial charge in [0.1, 0.15) is 5.75 Å². The molecule has 1 atom stereocenters. The summed E-state index contributed by atoms with van der Waals surface area (Å²) in [7, 11) is 1.75. The van der Waals surface area contributed by atoms with Crippen LogP contribution in [0.15, 0.2) is 18.2 Å². The van der Waals surface area contributed by atoms with Crippen LogP contribution in [-0.2, 0) is 6.42 Å². The Labute approximate surface area is 126 Å². The maximum Gasteiger partial charge on any atom is 0.122 e. The van der Waals surface area contributed by atoms with E-state index in [4.69, 9.17) is 16.3 Å². The Hall–Kier alpha value is -0.730. The van der Waals surface area contributed by atoms with Gasteiger partial charge in [-0.05, 0) is 68.3 Å². The van der Waals surface area contributed by atoms with Crippen molar-refractivity contribution in [3.8, 4) is 5.75 Å². The molecule has 2 aliphatic rings. The Balaban J connectivity index is 1.87. The van der Waals surface area contributed by atoms with Crippen molar-refractivity contribution in [3.05, 3.63) is 28.8 Å². The van der Waals surface area contributed by atoms with E-state index in [-0.39, 0.29) is 5.54 Å². The lowest BCUT2D eigenvalue weighted by atomic mass is 9.82. The largest absolute Gasteiger partial charge is 0.496 e. The van der Waals surface area contributed by atoms with Crippen molar-refractivity contribution >= 4 is 11.6 Å². The lowest BCUT2D eigenvalue weighted by molar-refractivity contribution is 0.267. The molecule has 1 aliphatic carbocycles. The van der Waals surface area contributed by atoms with Gasteiger partial charge in [-0.1, -0.05) is 24.4 Å². The van der Waals surface area contributed by atoms with E-state index in [1.165, 1.54) is 44.1 Å². The molecule has 1 saturated heterocycles. The Kier molecular flexibility index (Phi) is 4.23. The first-order chi connectivity index (χ1) is 9.73. The van der Waals surface area contributed by atoms with Gasteiger partial charge >= 0.3 is 0 Å². The summed E-state index contributed by atoms with van der Waals surface area (Å²) in [5.74, 6) is 1.81. The molecule has 0 amide bonds. The van der Waals surface area contributed by atoms with Gasteiger partial charge in [0.2, 0.25) is 0 Å². The van der Waals surface area contributed by atoms with Crippen LogP contribution in [0, 0.1) is 5.92 Å². The topological polar surface area (TPSA) is 21.3 Å². The highest BCUT2D eigenvalue weighted by Gasteiger charge is 2.45. The molecule has 3 rings (SSSR count). The number of nitrogens with one attached hydrogen (secondary N) is 1. The van der Waals surface area contributed by atoms with E-state index in [1.54, 1.807) is 7.11 Å². The molecule has 1 aliphatic heterocycles. The van der Waals surface area contributed by atoms with Gasteiger partial charge in [0.15, 0.2) is 0 Å². The van der Waals surface area contributed by atoms with E-state index in [1.807, 2.05) is 12.1 Å². The number of rotatable bonds is 4. The summed E-state index contributed by atoms with van der Waals surface area (Å²) < 4.78 is 5.53. The van der Waals surface area contributed by atoms with Gasteiger partial charge in [-0.2, -0.15) is 0 Å². The van der Waals surface area contributed by atoms with E-state index in [0.717, 1.165) is 29.7 Å². The second-order valence-corrected chi connectivity index (χ2v) is 6.74. The zero-order valence-electron chi connectivity index (χ0n) is 12.3. The summed E-state index contributed by atoms with van der Waals surface area (Å²) in [5.41, 5.74) is 1.52. The molecular weight excluding hydrogens is 270 g/mol. The first kappa shape index (κ1) is 14.2. The molecule has 1 aromatic carbocycles. The smallest absolute Gasteiger partial charge is 0.122 e. The maximum absolute atomic E-state index is 6.19.